The third kappa shape index (κ3) is 4.93. The van der Waals surface area contributed by atoms with Gasteiger partial charge in [0.15, 0.2) is 0 Å². The van der Waals surface area contributed by atoms with Gasteiger partial charge in [-0.25, -0.2) is 0 Å². The number of nitrogens with two attached hydrogens (primary N) is 2. The van der Waals surface area contributed by atoms with E-state index in [9.17, 15) is 22.8 Å². The monoisotopic (exact) mass is 266 g/mol. The number of carbonyl (C=O) groups excluding carboxylic acids is 2. The Kier molecular flexibility index (Phi) is 4.59. The molecule has 0 heterocycles. The maximum Gasteiger partial charge on any atom is 0.389 e. The van der Waals surface area contributed by atoms with Crippen LogP contribution in [0.5, 0.6) is 0 Å². The van der Waals surface area contributed by atoms with Crippen LogP contribution >= 0.6 is 0 Å². The lowest BCUT2D eigenvalue weighted by Gasteiger charge is -2.22. The van der Waals surface area contributed by atoms with Crippen molar-refractivity contribution in [3.05, 3.63) is 0 Å². The second-order valence-corrected chi connectivity index (χ2v) is 4.85. The lowest BCUT2D eigenvalue weighted by molar-refractivity contribution is -0.145. The van der Waals surface area contributed by atoms with E-state index < -0.39 is 42.7 Å². The summed E-state index contributed by atoms with van der Waals surface area (Å²) in [4.78, 5) is 22.5. The van der Waals surface area contributed by atoms with E-state index in [0.717, 1.165) is 12.8 Å². The van der Waals surface area contributed by atoms with Gasteiger partial charge in [0.05, 0.1) is 0 Å². The molecule has 7 heteroatoms. The van der Waals surface area contributed by atoms with Crippen molar-refractivity contribution in [2.75, 3.05) is 0 Å². The van der Waals surface area contributed by atoms with Crippen LogP contribution in [0.3, 0.4) is 0 Å². The number of alkyl halides is 3. The molecule has 1 fully saturated rings. The summed E-state index contributed by atoms with van der Waals surface area (Å²) in [5, 5.41) is 0. The normalized spacial score (nSPS) is 19.3. The van der Waals surface area contributed by atoms with Crippen LogP contribution in [0.1, 0.15) is 32.1 Å². The summed E-state index contributed by atoms with van der Waals surface area (Å²) in [6, 6.07) is 0. The van der Waals surface area contributed by atoms with Crippen LogP contribution in [-0.4, -0.2) is 18.0 Å². The number of amides is 2. The van der Waals surface area contributed by atoms with Gasteiger partial charge in [0.1, 0.15) is 0 Å². The first-order chi connectivity index (χ1) is 8.20. The topological polar surface area (TPSA) is 86.2 Å². The third-order valence-electron chi connectivity index (χ3n) is 3.24. The number of hydrogen-bond donors (Lipinski definition) is 2. The van der Waals surface area contributed by atoms with Gasteiger partial charge in [-0.05, 0) is 18.8 Å². The Bertz CT molecular complexity index is 327. The quantitative estimate of drug-likeness (QED) is 0.728. The second kappa shape index (κ2) is 5.58. The highest BCUT2D eigenvalue weighted by atomic mass is 19.4. The molecule has 0 unspecified atom stereocenters. The van der Waals surface area contributed by atoms with Crippen LogP contribution in [0, 0.1) is 17.8 Å². The Morgan fingerprint density at radius 3 is 1.94 bits per heavy atom. The number of rotatable bonds is 7. The van der Waals surface area contributed by atoms with Crippen molar-refractivity contribution in [3.8, 4) is 0 Å². The van der Waals surface area contributed by atoms with Crippen LogP contribution < -0.4 is 11.5 Å². The summed E-state index contributed by atoms with van der Waals surface area (Å²) >= 11 is 0. The molecular weight excluding hydrogens is 249 g/mol. The molecule has 1 rings (SSSR count). The van der Waals surface area contributed by atoms with Crippen molar-refractivity contribution in [1.29, 1.82) is 0 Å². The summed E-state index contributed by atoms with van der Waals surface area (Å²) in [7, 11) is 0. The molecule has 1 aliphatic rings. The second-order valence-electron chi connectivity index (χ2n) is 4.85. The van der Waals surface area contributed by atoms with Gasteiger partial charge in [0.25, 0.3) is 0 Å². The molecule has 4 nitrogen and oxygen atoms in total. The number of carbonyl (C=O) groups is 2. The van der Waals surface area contributed by atoms with Gasteiger partial charge in [0, 0.05) is 18.3 Å². The minimum Gasteiger partial charge on any atom is -0.369 e. The van der Waals surface area contributed by atoms with Crippen molar-refractivity contribution in [1.82, 2.24) is 0 Å². The highest BCUT2D eigenvalue weighted by Gasteiger charge is 2.38. The van der Waals surface area contributed by atoms with E-state index in [0.29, 0.717) is 6.42 Å². The van der Waals surface area contributed by atoms with Gasteiger partial charge in [-0.3, -0.25) is 9.59 Å². The fourth-order valence-electron chi connectivity index (χ4n) is 2.05. The summed E-state index contributed by atoms with van der Waals surface area (Å²) < 4.78 is 36.5. The summed E-state index contributed by atoms with van der Waals surface area (Å²) in [5.74, 6) is -3.34. The smallest absolute Gasteiger partial charge is 0.369 e. The number of hydrogen-bond acceptors (Lipinski definition) is 2. The summed E-state index contributed by atoms with van der Waals surface area (Å²) in [6.07, 6.45) is -3.76. The molecule has 0 aromatic rings. The zero-order chi connectivity index (χ0) is 13.9. The van der Waals surface area contributed by atoms with E-state index in [1.165, 1.54) is 0 Å². The van der Waals surface area contributed by atoms with Crippen LogP contribution in [0.25, 0.3) is 0 Å². The van der Waals surface area contributed by atoms with E-state index in [1.54, 1.807) is 0 Å². The van der Waals surface area contributed by atoms with Crippen molar-refractivity contribution in [3.63, 3.8) is 0 Å². The molecule has 0 aromatic heterocycles. The fraction of sp³-hybridized carbons (Fsp3) is 0.818. The molecule has 2 atom stereocenters. The fourth-order valence-corrected chi connectivity index (χ4v) is 2.05. The van der Waals surface area contributed by atoms with Crippen LogP contribution in [0.4, 0.5) is 13.2 Å². The van der Waals surface area contributed by atoms with Gasteiger partial charge in [0.2, 0.25) is 11.8 Å². The minimum atomic E-state index is -4.37. The van der Waals surface area contributed by atoms with E-state index in [-0.39, 0.29) is 5.92 Å². The zero-order valence-corrected chi connectivity index (χ0v) is 9.87. The molecule has 104 valence electrons. The highest BCUT2D eigenvalue weighted by Crippen LogP contribution is 2.39. The molecule has 0 aromatic carbocycles. The van der Waals surface area contributed by atoms with E-state index in [2.05, 4.69) is 0 Å². The summed E-state index contributed by atoms with van der Waals surface area (Å²) in [6.45, 7) is 0. The van der Waals surface area contributed by atoms with E-state index in [4.69, 9.17) is 11.5 Å². The first kappa shape index (κ1) is 14.8. The lowest BCUT2D eigenvalue weighted by atomic mass is 9.83. The average molecular weight is 266 g/mol. The molecule has 1 saturated carbocycles. The molecule has 2 amide bonds. The Hall–Kier alpha value is -1.27. The van der Waals surface area contributed by atoms with Gasteiger partial charge in [-0.1, -0.05) is 12.8 Å². The first-order valence-corrected chi connectivity index (χ1v) is 5.86. The van der Waals surface area contributed by atoms with Gasteiger partial charge in [-0.15, -0.1) is 0 Å². The Balaban J connectivity index is 2.66. The summed E-state index contributed by atoms with van der Waals surface area (Å²) in [5.41, 5.74) is 10.2. The molecule has 0 spiro atoms. The third-order valence-corrected chi connectivity index (χ3v) is 3.24. The van der Waals surface area contributed by atoms with Crippen LogP contribution in [0.15, 0.2) is 0 Å². The van der Waals surface area contributed by atoms with Crippen LogP contribution in [-0.2, 0) is 9.59 Å². The van der Waals surface area contributed by atoms with Crippen LogP contribution in [0.2, 0.25) is 0 Å². The molecule has 18 heavy (non-hydrogen) atoms. The standard InChI is InChI=1S/C11H17F3N2O2/c12-11(13,14)4-3-7(9(15)17)8(10(16)18)5-6-1-2-6/h6-8H,1-5H2,(H2,15,17)(H2,16,18)/t7-,8-/m1/s1. The molecular formula is C11H17F3N2O2. The van der Waals surface area contributed by atoms with Crippen molar-refractivity contribution >= 4 is 11.8 Å². The molecule has 4 N–H and O–H groups in total. The maximum absolute atomic E-state index is 12.2. The Labute approximate surface area is 103 Å². The van der Waals surface area contributed by atoms with Crippen molar-refractivity contribution < 1.29 is 22.8 Å². The first-order valence-electron chi connectivity index (χ1n) is 5.86. The molecule has 0 radical (unpaired) electrons. The maximum atomic E-state index is 12.2. The predicted octanol–water partition coefficient (Wildman–Crippen LogP) is 1.33. The molecule has 0 saturated heterocycles. The predicted molar refractivity (Wildman–Crippen MR) is 58.0 cm³/mol. The van der Waals surface area contributed by atoms with E-state index in [1.807, 2.05) is 0 Å². The Morgan fingerprint density at radius 1 is 1.11 bits per heavy atom. The molecule has 0 bridgehead atoms. The molecule has 1 aliphatic carbocycles. The minimum absolute atomic E-state index is 0.287. The average Bonchev–Trinajstić information content (AvgIpc) is 2.97. The number of primary amides is 2. The van der Waals surface area contributed by atoms with E-state index >= 15 is 0 Å². The SMILES string of the molecule is NC(=O)[C@H](CCC(F)(F)F)[C@@H](CC1CC1)C(N)=O. The van der Waals surface area contributed by atoms with Gasteiger partial charge in [-0.2, -0.15) is 13.2 Å². The van der Waals surface area contributed by atoms with Crippen molar-refractivity contribution in [2.24, 2.45) is 29.2 Å². The highest BCUT2D eigenvalue weighted by molar-refractivity contribution is 5.86. The lowest BCUT2D eigenvalue weighted by Crippen LogP contribution is -2.38. The van der Waals surface area contributed by atoms with Gasteiger partial charge < -0.3 is 11.5 Å². The number of halogens is 3. The largest absolute Gasteiger partial charge is 0.389 e. The zero-order valence-electron chi connectivity index (χ0n) is 9.87. The van der Waals surface area contributed by atoms with Crippen molar-refractivity contribution in [2.45, 2.75) is 38.3 Å². The molecule has 0 aliphatic heterocycles. The Morgan fingerprint density at radius 2 is 1.61 bits per heavy atom. The van der Waals surface area contributed by atoms with Gasteiger partial charge >= 0.3 is 6.18 Å².